The van der Waals surface area contributed by atoms with Crippen molar-refractivity contribution in [3.05, 3.63) is 58.4 Å². The fourth-order valence-electron chi connectivity index (χ4n) is 1.90. The van der Waals surface area contributed by atoms with Crippen LogP contribution in [0.5, 0.6) is 11.5 Å². The van der Waals surface area contributed by atoms with Gasteiger partial charge in [0.15, 0.2) is 11.5 Å². The first-order chi connectivity index (χ1) is 10.7. The number of hydrazone groups is 1. The zero-order valence-electron chi connectivity index (χ0n) is 12.1. The van der Waals surface area contributed by atoms with E-state index in [1.165, 1.54) is 12.3 Å². The molecule has 0 aromatic heterocycles. The quantitative estimate of drug-likeness (QED) is 0.500. The lowest BCUT2D eigenvalue weighted by molar-refractivity contribution is 0.266. The van der Waals surface area contributed by atoms with E-state index in [4.69, 9.17) is 26.9 Å². The lowest BCUT2D eigenvalue weighted by atomic mass is 10.2. The predicted octanol–water partition coefficient (Wildman–Crippen LogP) is 3.75. The first-order valence-electron chi connectivity index (χ1n) is 6.71. The average Bonchev–Trinajstić information content (AvgIpc) is 2.49. The van der Waals surface area contributed by atoms with Crippen molar-refractivity contribution in [2.75, 3.05) is 6.61 Å². The maximum atomic E-state index is 13.7. The molecule has 0 aliphatic heterocycles. The Balaban J connectivity index is 2.21. The summed E-state index contributed by atoms with van der Waals surface area (Å²) in [7, 11) is 0. The molecule has 2 N–H and O–H groups in total. The van der Waals surface area contributed by atoms with Crippen LogP contribution < -0.4 is 15.3 Å². The lowest BCUT2D eigenvalue weighted by Crippen LogP contribution is -2.02. The van der Waals surface area contributed by atoms with E-state index in [0.717, 1.165) is 5.56 Å². The number of nitrogens with two attached hydrogens (primary N) is 1. The van der Waals surface area contributed by atoms with Crippen molar-refractivity contribution in [2.24, 2.45) is 10.9 Å². The van der Waals surface area contributed by atoms with Crippen LogP contribution in [0.25, 0.3) is 0 Å². The van der Waals surface area contributed by atoms with Gasteiger partial charge >= 0.3 is 0 Å². The highest BCUT2D eigenvalue weighted by Gasteiger charge is 2.11. The summed E-state index contributed by atoms with van der Waals surface area (Å²) < 4.78 is 24.9. The van der Waals surface area contributed by atoms with Crippen molar-refractivity contribution in [1.29, 1.82) is 0 Å². The molecule has 0 amide bonds. The second-order valence-corrected chi connectivity index (χ2v) is 4.81. The molecule has 2 aromatic carbocycles. The molecule has 0 spiro atoms. The standard InChI is InChI=1S/C16H16ClFN2O2/c1-2-21-16-8-11(9-20-19)6-7-15(16)22-10-12-13(17)4-3-5-14(12)18/h3-9H,2,10,19H2,1H3. The summed E-state index contributed by atoms with van der Waals surface area (Å²) in [6, 6.07) is 9.75. The Morgan fingerprint density at radius 1 is 1.23 bits per heavy atom. The van der Waals surface area contributed by atoms with Gasteiger partial charge in [-0.2, -0.15) is 5.10 Å². The van der Waals surface area contributed by atoms with Gasteiger partial charge in [-0.1, -0.05) is 17.7 Å². The van der Waals surface area contributed by atoms with Crippen molar-refractivity contribution in [3.63, 3.8) is 0 Å². The predicted molar refractivity (Wildman–Crippen MR) is 85.1 cm³/mol. The maximum Gasteiger partial charge on any atom is 0.161 e. The van der Waals surface area contributed by atoms with Gasteiger partial charge in [0, 0.05) is 5.56 Å². The zero-order valence-corrected chi connectivity index (χ0v) is 12.8. The molecule has 4 nitrogen and oxygen atoms in total. The molecule has 0 bridgehead atoms. The van der Waals surface area contributed by atoms with Crippen LogP contribution in [0.4, 0.5) is 4.39 Å². The highest BCUT2D eigenvalue weighted by atomic mass is 35.5. The normalized spacial score (nSPS) is 10.9. The second-order valence-electron chi connectivity index (χ2n) is 4.41. The van der Waals surface area contributed by atoms with Crippen LogP contribution in [0.2, 0.25) is 5.02 Å². The van der Waals surface area contributed by atoms with Gasteiger partial charge in [-0.15, -0.1) is 0 Å². The Bertz CT molecular complexity index is 657. The molecule has 2 rings (SSSR count). The molecular formula is C16H16ClFN2O2. The van der Waals surface area contributed by atoms with Crippen molar-refractivity contribution in [2.45, 2.75) is 13.5 Å². The fraction of sp³-hybridized carbons (Fsp3) is 0.188. The van der Waals surface area contributed by atoms with E-state index in [9.17, 15) is 4.39 Å². The Morgan fingerprint density at radius 3 is 2.73 bits per heavy atom. The van der Waals surface area contributed by atoms with E-state index in [-0.39, 0.29) is 6.61 Å². The van der Waals surface area contributed by atoms with Gasteiger partial charge in [0.25, 0.3) is 0 Å². The Kier molecular flexibility index (Phi) is 5.61. The Hall–Kier alpha value is -2.27. The van der Waals surface area contributed by atoms with E-state index >= 15 is 0 Å². The van der Waals surface area contributed by atoms with Crippen molar-refractivity contribution >= 4 is 17.8 Å². The number of rotatable bonds is 6. The zero-order chi connectivity index (χ0) is 15.9. The highest BCUT2D eigenvalue weighted by Crippen LogP contribution is 2.30. The summed E-state index contributed by atoms with van der Waals surface area (Å²) in [4.78, 5) is 0. The largest absolute Gasteiger partial charge is 0.490 e. The smallest absolute Gasteiger partial charge is 0.161 e. The number of hydrogen-bond acceptors (Lipinski definition) is 4. The number of nitrogens with zero attached hydrogens (tertiary/aromatic N) is 1. The van der Waals surface area contributed by atoms with E-state index in [1.54, 1.807) is 30.3 Å². The summed E-state index contributed by atoms with van der Waals surface area (Å²) in [5, 5.41) is 3.79. The summed E-state index contributed by atoms with van der Waals surface area (Å²) in [6.45, 7) is 2.34. The molecule has 0 heterocycles. The molecule has 0 saturated heterocycles. The minimum absolute atomic E-state index is 0.00983. The lowest BCUT2D eigenvalue weighted by Gasteiger charge is -2.13. The average molecular weight is 323 g/mol. The Labute approximate surface area is 133 Å². The van der Waals surface area contributed by atoms with E-state index in [1.807, 2.05) is 6.92 Å². The van der Waals surface area contributed by atoms with Gasteiger partial charge in [-0.05, 0) is 42.8 Å². The number of hydrogen-bond donors (Lipinski definition) is 1. The van der Waals surface area contributed by atoms with Gasteiger partial charge < -0.3 is 15.3 Å². The van der Waals surface area contributed by atoms with Crippen LogP contribution >= 0.6 is 11.6 Å². The van der Waals surface area contributed by atoms with Gasteiger partial charge in [0.05, 0.1) is 17.8 Å². The van der Waals surface area contributed by atoms with E-state index < -0.39 is 5.82 Å². The van der Waals surface area contributed by atoms with Crippen LogP contribution in [0.15, 0.2) is 41.5 Å². The molecule has 0 aliphatic carbocycles. The van der Waals surface area contributed by atoms with Gasteiger partial charge in [0.1, 0.15) is 12.4 Å². The van der Waals surface area contributed by atoms with Gasteiger partial charge in [-0.3, -0.25) is 0 Å². The number of ether oxygens (including phenoxy) is 2. The number of benzene rings is 2. The summed E-state index contributed by atoms with van der Waals surface area (Å²) in [5.41, 5.74) is 1.08. The first kappa shape index (κ1) is 16.1. The fourth-order valence-corrected chi connectivity index (χ4v) is 2.12. The molecular weight excluding hydrogens is 307 g/mol. The second kappa shape index (κ2) is 7.66. The molecule has 0 unspecified atom stereocenters. The minimum Gasteiger partial charge on any atom is -0.490 e. The van der Waals surface area contributed by atoms with Crippen molar-refractivity contribution in [3.8, 4) is 11.5 Å². The molecule has 2 aromatic rings. The van der Waals surface area contributed by atoms with Crippen LogP contribution in [0.1, 0.15) is 18.1 Å². The molecule has 0 atom stereocenters. The molecule has 0 radical (unpaired) electrons. The van der Waals surface area contributed by atoms with Gasteiger partial charge in [0.2, 0.25) is 0 Å². The maximum absolute atomic E-state index is 13.7. The summed E-state index contributed by atoms with van der Waals surface area (Å²) >= 11 is 5.98. The van der Waals surface area contributed by atoms with Crippen molar-refractivity contribution < 1.29 is 13.9 Å². The van der Waals surface area contributed by atoms with Crippen LogP contribution in [0, 0.1) is 5.82 Å². The molecule has 0 saturated carbocycles. The van der Waals surface area contributed by atoms with Gasteiger partial charge in [-0.25, -0.2) is 4.39 Å². The number of halogens is 2. The summed E-state index contributed by atoms with van der Waals surface area (Å²) in [6.07, 6.45) is 1.50. The van der Waals surface area contributed by atoms with Crippen molar-refractivity contribution in [1.82, 2.24) is 0 Å². The topological polar surface area (TPSA) is 56.8 Å². The third kappa shape index (κ3) is 3.89. The molecule has 0 fully saturated rings. The monoisotopic (exact) mass is 322 g/mol. The summed E-state index contributed by atoms with van der Waals surface area (Å²) in [5.74, 6) is 5.76. The highest BCUT2D eigenvalue weighted by molar-refractivity contribution is 6.31. The van der Waals surface area contributed by atoms with E-state index in [2.05, 4.69) is 5.10 Å². The SMILES string of the molecule is CCOc1cc(C=NN)ccc1OCc1c(F)cccc1Cl. The Morgan fingerprint density at radius 2 is 2.05 bits per heavy atom. The molecule has 0 aliphatic rings. The minimum atomic E-state index is -0.405. The third-order valence-electron chi connectivity index (χ3n) is 2.92. The molecule has 116 valence electrons. The third-order valence-corrected chi connectivity index (χ3v) is 3.28. The first-order valence-corrected chi connectivity index (χ1v) is 7.09. The van der Waals surface area contributed by atoms with Crippen LogP contribution in [-0.2, 0) is 6.61 Å². The molecule has 22 heavy (non-hydrogen) atoms. The van der Waals surface area contributed by atoms with Crippen LogP contribution in [0.3, 0.4) is 0 Å². The van der Waals surface area contributed by atoms with E-state index in [0.29, 0.717) is 28.7 Å². The molecule has 6 heteroatoms. The van der Waals surface area contributed by atoms with Crippen LogP contribution in [-0.4, -0.2) is 12.8 Å².